The minimum Gasteiger partial charge on any atom is -0.756 e. The number of allylic oxidation sites excluding steroid dienone is 6. The van der Waals surface area contributed by atoms with E-state index in [1.807, 2.05) is 57.6 Å². The molecular weight excluding hydrogens is 717 g/mol. The van der Waals surface area contributed by atoms with E-state index < -0.39 is 38.6 Å². The zero-order valence-corrected chi connectivity index (χ0v) is 36.4. The molecule has 11 heteroatoms. The van der Waals surface area contributed by atoms with E-state index in [0.717, 1.165) is 32.1 Å². The summed E-state index contributed by atoms with van der Waals surface area (Å²) in [6.07, 6.45) is 37.4. The van der Waals surface area contributed by atoms with Gasteiger partial charge in [0.05, 0.1) is 33.9 Å². The van der Waals surface area contributed by atoms with Gasteiger partial charge in [-0.1, -0.05) is 152 Å². The number of esters is 2. The molecule has 0 rings (SSSR count). The Balaban J connectivity index is 4.52. The Morgan fingerprint density at radius 2 is 1.24 bits per heavy atom. The third-order valence-corrected chi connectivity index (χ3v) is 9.90. The van der Waals surface area contributed by atoms with Crippen molar-refractivity contribution in [3.8, 4) is 0 Å². The topological polar surface area (TPSA) is 131 Å². The standard InChI is InChI=1S/C44H80NO9P/c1-6-8-10-12-14-15-16-17-18-19-23-28-32-36-44(48)54-42(40-53-55(49,50)52-38-37-45(3,4)5)39-51-43(47)35-31-27-24-20-22-26-30-34-41(46)33-29-25-21-13-11-9-7-2/h20-21,24-26,29-30,33,41-42,46H,6-19,22-23,27-28,31-32,34-40H2,1-5H3/b24-20+,25-21-,30-26-,33-29-/t41-,42-/m1/s1. The lowest BCUT2D eigenvalue weighted by Gasteiger charge is -2.28. The average Bonchev–Trinajstić information content (AvgIpc) is 3.13. The molecule has 1 unspecified atom stereocenters. The van der Waals surface area contributed by atoms with E-state index in [1.165, 1.54) is 77.0 Å². The van der Waals surface area contributed by atoms with Crippen LogP contribution in [0.3, 0.4) is 0 Å². The van der Waals surface area contributed by atoms with Crippen LogP contribution in [0.1, 0.15) is 162 Å². The highest BCUT2D eigenvalue weighted by Gasteiger charge is 2.21. The molecule has 0 spiro atoms. The molecule has 0 aromatic rings. The number of aliphatic hydroxyl groups excluding tert-OH is 1. The quantitative estimate of drug-likeness (QED) is 0.0162. The molecule has 0 amide bonds. The molecule has 1 N–H and O–H groups in total. The fraction of sp³-hybridized carbons (Fsp3) is 0.773. The third kappa shape index (κ3) is 39.9. The Kier molecular flexibility index (Phi) is 34.9. The summed E-state index contributed by atoms with van der Waals surface area (Å²) in [7, 11) is 1.10. The molecule has 0 aromatic carbocycles. The second-order valence-corrected chi connectivity index (χ2v) is 17.0. The first-order valence-electron chi connectivity index (χ1n) is 21.5. The van der Waals surface area contributed by atoms with Crippen molar-refractivity contribution in [3.05, 3.63) is 48.6 Å². The van der Waals surface area contributed by atoms with Crippen molar-refractivity contribution in [2.45, 2.75) is 174 Å². The number of unbranched alkanes of at least 4 members (excludes halogenated alkanes) is 16. The summed E-state index contributed by atoms with van der Waals surface area (Å²) in [5.74, 6) is -0.942. The SMILES string of the molecule is CCCCC/C=C\C=C/[C@@H](O)C/C=C\C/C=C/CCCC(=O)OC[C@H](COP(=O)([O-])OCC[N+](C)(C)C)OC(=O)CCCCCCCCCCCCCCC. The highest BCUT2D eigenvalue weighted by Crippen LogP contribution is 2.38. The molecule has 0 fully saturated rings. The maximum atomic E-state index is 12.6. The van der Waals surface area contributed by atoms with Crippen LogP contribution in [0.25, 0.3) is 0 Å². The minimum atomic E-state index is -4.65. The van der Waals surface area contributed by atoms with E-state index in [9.17, 15) is 24.2 Å². The van der Waals surface area contributed by atoms with Crippen LogP contribution in [-0.2, 0) is 32.7 Å². The smallest absolute Gasteiger partial charge is 0.306 e. The van der Waals surface area contributed by atoms with Gasteiger partial charge in [0, 0.05) is 12.8 Å². The number of nitrogens with zero attached hydrogens (tertiary/aromatic N) is 1. The summed E-state index contributed by atoms with van der Waals surface area (Å²) < 4.78 is 33.7. The lowest BCUT2D eigenvalue weighted by Crippen LogP contribution is -2.37. The summed E-state index contributed by atoms with van der Waals surface area (Å²) in [6, 6.07) is 0. The second kappa shape index (κ2) is 36.3. The normalized spacial score (nSPS) is 14.7. The van der Waals surface area contributed by atoms with Gasteiger partial charge >= 0.3 is 11.9 Å². The van der Waals surface area contributed by atoms with Crippen molar-refractivity contribution in [3.63, 3.8) is 0 Å². The Bertz CT molecular complexity index is 1100. The van der Waals surface area contributed by atoms with Crippen molar-refractivity contribution in [2.24, 2.45) is 0 Å². The zero-order valence-electron chi connectivity index (χ0n) is 35.5. The fourth-order valence-corrected chi connectivity index (χ4v) is 6.22. The van der Waals surface area contributed by atoms with E-state index in [0.29, 0.717) is 36.7 Å². The molecule has 320 valence electrons. The fourth-order valence-electron chi connectivity index (χ4n) is 5.49. The predicted octanol–water partition coefficient (Wildman–Crippen LogP) is 10.2. The van der Waals surface area contributed by atoms with Gasteiger partial charge in [0.2, 0.25) is 0 Å². The average molecular weight is 798 g/mol. The lowest BCUT2D eigenvalue weighted by atomic mass is 10.0. The Morgan fingerprint density at radius 1 is 0.673 bits per heavy atom. The first kappa shape index (κ1) is 52.9. The molecule has 0 heterocycles. The van der Waals surface area contributed by atoms with Gasteiger partial charge in [0.15, 0.2) is 6.10 Å². The maximum absolute atomic E-state index is 12.6. The number of likely N-dealkylation sites (N-methyl/N-ethyl adjacent to an activating group) is 1. The number of phosphoric ester groups is 1. The number of aliphatic hydroxyl groups is 1. The van der Waals surface area contributed by atoms with Crippen molar-refractivity contribution in [1.82, 2.24) is 0 Å². The highest BCUT2D eigenvalue weighted by molar-refractivity contribution is 7.45. The van der Waals surface area contributed by atoms with Gasteiger partial charge in [-0.05, 0) is 44.9 Å². The second-order valence-electron chi connectivity index (χ2n) is 15.6. The minimum absolute atomic E-state index is 0.0500. The van der Waals surface area contributed by atoms with Crippen LogP contribution in [0.4, 0.5) is 0 Å². The number of hydrogen-bond acceptors (Lipinski definition) is 9. The molecule has 55 heavy (non-hydrogen) atoms. The maximum Gasteiger partial charge on any atom is 0.306 e. The first-order valence-corrected chi connectivity index (χ1v) is 22.9. The van der Waals surface area contributed by atoms with Crippen molar-refractivity contribution in [2.75, 3.05) is 47.5 Å². The van der Waals surface area contributed by atoms with E-state index >= 15 is 0 Å². The van der Waals surface area contributed by atoms with Crippen LogP contribution in [0.5, 0.6) is 0 Å². The number of ether oxygens (including phenoxy) is 2. The molecule has 0 bridgehead atoms. The van der Waals surface area contributed by atoms with Gasteiger partial charge in [-0.15, -0.1) is 0 Å². The molecule has 0 saturated heterocycles. The summed E-state index contributed by atoms with van der Waals surface area (Å²) in [5.41, 5.74) is 0. The summed E-state index contributed by atoms with van der Waals surface area (Å²) in [5, 5.41) is 10.1. The van der Waals surface area contributed by atoms with Crippen molar-refractivity contribution in [1.29, 1.82) is 0 Å². The Morgan fingerprint density at radius 3 is 1.87 bits per heavy atom. The number of rotatable bonds is 38. The van der Waals surface area contributed by atoms with Crippen LogP contribution in [0, 0.1) is 0 Å². The van der Waals surface area contributed by atoms with E-state index in [1.54, 1.807) is 6.08 Å². The van der Waals surface area contributed by atoms with Crippen LogP contribution < -0.4 is 4.89 Å². The molecule has 0 aliphatic heterocycles. The number of hydrogen-bond donors (Lipinski definition) is 1. The molecule has 0 aliphatic carbocycles. The molecule has 0 radical (unpaired) electrons. The van der Waals surface area contributed by atoms with Crippen molar-refractivity contribution >= 4 is 19.8 Å². The highest BCUT2D eigenvalue weighted by atomic mass is 31.2. The molecule has 0 aromatic heterocycles. The van der Waals surface area contributed by atoms with Crippen LogP contribution in [0.15, 0.2) is 48.6 Å². The van der Waals surface area contributed by atoms with Gasteiger partial charge in [-0.25, -0.2) is 0 Å². The van der Waals surface area contributed by atoms with E-state index in [4.69, 9.17) is 18.5 Å². The van der Waals surface area contributed by atoms with Gasteiger partial charge in [-0.3, -0.25) is 14.2 Å². The number of carbonyl (C=O) groups is 2. The van der Waals surface area contributed by atoms with Crippen LogP contribution in [0.2, 0.25) is 0 Å². The summed E-state index contributed by atoms with van der Waals surface area (Å²) in [4.78, 5) is 37.4. The number of carbonyl (C=O) groups excluding carboxylic acids is 2. The molecule has 0 saturated carbocycles. The van der Waals surface area contributed by atoms with Gasteiger partial charge in [0.1, 0.15) is 19.8 Å². The number of phosphoric acid groups is 1. The van der Waals surface area contributed by atoms with E-state index in [-0.39, 0.29) is 26.1 Å². The Labute approximate surface area is 336 Å². The van der Waals surface area contributed by atoms with E-state index in [2.05, 4.69) is 19.9 Å². The monoisotopic (exact) mass is 798 g/mol. The van der Waals surface area contributed by atoms with Crippen molar-refractivity contribution < 1.29 is 47.2 Å². The summed E-state index contributed by atoms with van der Waals surface area (Å²) in [6.45, 7) is 4.03. The molecular formula is C44H80NO9P. The first-order chi connectivity index (χ1) is 26.4. The molecule has 0 aliphatic rings. The summed E-state index contributed by atoms with van der Waals surface area (Å²) >= 11 is 0. The van der Waals surface area contributed by atoms with Gasteiger partial charge < -0.3 is 33.0 Å². The largest absolute Gasteiger partial charge is 0.756 e. The predicted molar refractivity (Wildman–Crippen MR) is 223 cm³/mol. The number of quaternary nitrogens is 1. The van der Waals surface area contributed by atoms with Gasteiger partial charge in [-0.2, -0.15) is 0 Å². The molecule has 3 atom stereocenters. The Hall–Kier alpha value is -2.07. The molecule has 10 nitrogen and oxygen atoms in total. The zero-order chi connectivity index (χ0) is 40.9. The third-order valence-electron chi connectivity index (χ3n) is 8.93. The van der Waals surface area contributed by atoms with Crippen LogP contribution >= 0.6 is 7.82 Å². The lowest BCUT2D eigenvalue weighted by molar-refractivity contribution is -0.870. The van der Waals surface area contributed by atoms with Gasteiger partial charge in [0.25, 0.3) is 7.82 Å². The van der Waals surface area contributed by atoms with Crippen LogP contribution in [-0.4, -0.2) is 81.2 Å².